The van der Waals surface area contributed by atoms with Crippen LogP contribution in [0.2, 0.25) is 0 Å². The first-order chi connectivity index (χ1) is 12.0. The van der Waals surface area contributed by atoms with Crippen LogP contribution in [0.1, 0.15) is 11.1 Å². The van der Waals surface area contributed by atoms with Crippen LogP contribution in [0.15, 0.2) is 40.9 Å². The van der Waals surface area contributed by atoms with E-state index >= 15 is 0 Å². The Bertz CT molecular complexity index is 865. The molecule has 0 radical (unpaired) electrons. The fourth-order valence-corrected chi connectivity index (χ4v) is 1.70. The fourth-order valence-electron chi connectivity index (χ4n) is 1.34. The van der Waals surface area contributed by atoms with Gasteiger partial charge in [0.25, 0.3) is 0 Å². The van der Waals surface area contributed by atoms with Crippen molar-refractivity contribution < 1.29 is 19.5 Å². The number of nitrogen functional groups attached to an aromatic ring is 2. The number of rotatable bonds is 0. The number of nitriles is 2. The van der Waals surface area contributed by atoms with Crippen molar-refractivity contribution in [3.05, 3.63) is 76.6 Å². The topological polar surface area (TPSA) is 152 Å². The van der Waals surface area contributed by atoms with Crippen LogP contribution in [0.5, 0.6) is 0 Å². The van der Waals surface area contributed by atoms with Gasteiger partial charge in [-0.05, 0) is 30.3 Å². The molecule has 0 aromatic heterocycles. The Kier molecular flexibility index (Phi) is 17.4. The fraction of sp³-hybridized carbons (Fsp3) is 0. The quantitative estimate of drug-likeness (QED) is 0.349. The summed E-state index contributed by atoms with van der Waals surface area (Å²) in [4.78, 5) is 3.16. The SMILES string of the molecule is N#Cc1cc(Br)ccc1N.[C-]#N.[C-]#N.[C-]#[N+]c1ccc(N)c(C#N)c1.[Zn+2]. The van der Waals surface area contributed by atoms with Gasteiger partial charge in [-0.1, -0.05) is 22.0 Å². The minimum Gasteiger partial charge on any atom is -0.512 e. The second-order valence-electron chi connectivity index (χ2n) is 3.84. The monoisotopic (exact) mass is 455 g/mol. The van der Waals surface area contributed by atoms with Crippen LogP contribution in [0.25, 0.3) is 4.85 Å². The van der Waals surface area contributed by atoms with E-state index in [-0.39, 0.29) is 19.5 Å². The van der Waals surface area contributed by atoms with E-state index in [0.29, 0.717) is 28.2 Å². The summed E-state index contributed by atoms with van der Waals surface area (Å²) in [7, 11) is 0. The number of nitrogens with zero attached hydrogens (tertiary/aromatic N) is 5. The van der Waals surface area contributed by atoms with E-state index in [1.54, 1.807) is 30.3 Å². The Labute approximate surface area is 173 Å². The van der Waals surface area contributed by atoms with Crippen LogP contribution in [0.3, 0.4) is 0 Å². The maximum Gasteiger partial charge on any atom is 2.00 e. The van der Waals surface area contributed by atoms with E-state index < -0.39 is 0 Å². The third-order valence-electron chi connectivity index (χ3n) is 2.42. The summed E-state index contributed by atoms with van der Waals surface area (Å²) in [5, 5.41) is 29.5. The number of anilines is 2. The van der Waals surface area contributed by atoms with Gasteiger partial charge in [-0.15, -0.1) is 0 Å². The zero-order valence-corrected chi connectivity index (χ0v) is 18.0. The van der Waals surface area contributed by atoms with E-state index in [1.807, 2.05) is 12.1 Å². The second kappa shape index (κ2) is 16.5. The number of nitrogens with two attached hydrogens (primary N) is 2. The predicted molar refractivity (Wildman–Crippen MR) is 95.0 cm³/mol. The molecule has 2 aromatic rings. The summed E-state index contributed by atoms with van der Waals surface area (Å²) in [5.74, 6) is 0. The molecule has 4 N–H and O–H groups in total. The van der Waals surface area contributed by atoms with Gasteiger partial charge in [0, 0.05) is 15.8 Å². The second-order valence-corrected chi connectivity index (χ2v) is 4.75. The van der Waals surface area contributed by atoms with Crippen LogP contribution in [-0.2, 0) is 19.5 Å². The Morgan fingerprint density at radius 3 is 1.65 bits per heavy atom. The predicted octanol–water partition coefficient (Wildman–Crippen LogP) is 3.78. The van der Waals surface area contributed by atoms with Crippen LogP contribution in [0.4, 0.5) is 17.1 Å². The molecule has 7 nitrogen and oxygen atoms in total. The Balaban J connectivity index is -0.000000332. The molecule has 0 fully saturated rings. The van der Waals surface area contributed by atoms with Crippen molar-refractivity contribution in [3.8, 4) is 12.1 Å². The number of hydrogen-bond acceptors (Lipinski definition) is 6. The van der Waals surface area contributed by atoms with E-state index in [0.717, 1.165) is 4.47 Å². The van der Waals surface area contributed by atoms with E-state index in [9.17, 15) is 0 Å². The molecule has 0 atom stereocenters. The molecule has 0 aliphatic rings. The molecule has 0 aliphatic heterocycles. The summed E-state index contributed by atoms with van der Waals surface area (Å²) in [6.07, 6.45) is 0. The molecule has 0 unspecified atom stereocenters. The van der Waals surface area contributed by atoms with Crippen molar-refractivity contribution in [2.24, 2.45) is 0 Å². The summed E-state index contributed by atoms with van der Waals surface area (Å²) in [5.41, 5.74) is 13.1. The molecular formula is C17H10BrN7Zn. The minimum absolute atomic E-state index is 0. The molecule has 0 saturated carbocycles. The summed E-state index contributed by atoms with van der Waals surface area (Å²) >= 11 is 3.23. The number of hydrogen-bond donors (Lipinski definition) is 2. The molecule has 122 valence electrons. The molecule has 0 aliphatic carbocycles. The van der Waals surface area contributed by atoms with Crippen molar-refractivity contribution in [1.82, 2.24) is 0 Å². The van der Waals surface area contributed by atoms with E-state index in [4.69, 9.17) is 52.2 Å². The third kappa shape index (κ3) is 9.67. The van der Waals surface area contributed by atoms with Crippen molar-refractivity contribution in [2.45, 2.75) is 0 Å². The van der Waals surface area contributed by atoms with E-state index in [1.165, 1.54) is 6.07 Å². The van der Waals surface area contributed by atoms with Gasteiger partial charge in [0.2, 0.25) is 0 Å². The molecule has 26 heavy (non-hydrogen) atoms. The number of halogens is 1. The Morgan fingerprint density at radius 2 is 1.27 bits per heavy atom. The van der Waals surface area contributed by atoms with Gasteiger partial charge in [-0.2, -0.15) is 10.5 Å². The average molecular weight is 458 g/mol. The van der Waals surface area contributed by atoms with Crippen LogP contribution >= 0.6 is 15.9 Å². The van der Waals surface area contributed by atoms with E-state index in [2.05, 4.69) is 20.8 Å². The maximum absolute atomic E-state index is 8.51. The first-order valence-corrected chi connectivity index (χ1v) is 6.88. The molecule has 0 amide bonds. The Morgan fingerprint density at radius 1 is 0.846 bits per heavy atom. The maximum atomic E-state index is 8.51. The standard InChI is InChI=1S/C8H5N3.C7H5BrN2.2CN.Zn/c1-11-7-2-3-8(10)6(4-7)5-9;8-6-1-2-7(10)5(3-6)4-9;2*1-2;/h2-4H,10H2;1-3H,10H2;;;/q;;2*-1;+2. The van der Waals surface area contributed by atoms with Crippen LogP contribution < -0.4 is 11.5 Å². The first-order valence-electron chi connectivity index (χ1n) is 6.08. The van der Waals surface area contributed by atoms with Gasteiger partial charge in [0.1, 0.15) is 6.07 Å². The van der Waals surface area contributed by atoms with Crippen molar-refractivity contribution in [2.75, 3.05) is 11.5 Å². The average Bonchev–Trinajstić information content (AvgIpc) is 2.68. The molecule has 2 aromatic carbocycles. The first kappa shape index (κ1) is 27.4. The van der Waals surface area contributed by atoms with Crippen molar-refractivity contribution in [3.63, 3.8) is 0 Å². The van der Waals surface area contributed by atoms with Crippen molar-refractivity contribution in [1.29, 1.82) is 21.0 Å². The minimum atomic E-state index is 0. The number of benzene rings is 2. The summed E-state index contributed by atoms with van der Waals surface area (Å²) < 4.78 is 0.873. The van der Waals surface area contributed by atoms with Gasteiger partial charge in [0.15, 0.2) is 5.69 Å². The van der Waals surface area contributed by atoms with Gasteiger partial charge in [-0.25, -0.2) is 4.85 Å². The summed E-state index contributed by atoms with van der Waals surface area (Å²) in [6, 6.07) is 13.7. The van der Waals surface area contributed by atoms with Crippen LogP contribution in [0, 0.1) is 52.9 Å². The molecule has 0 spiro atoms. The van der Waals surface area contributed by atoms with Gasteiger partial charge >= 0.3 is 19.5 Å². The molecule has 0 bridgehead atoms. The van der Waals surface area contributed by atoms with Crippen molar-refractivity contribution >= 4 is 33.0 Å². The molecule has 0 heterocycles. The zero-order chi connectivity index (χ0) is 19.8. The molecule has 0 saturated heterocycles. The van der Waals surface area contributed by atoms with Crippen LogP contribution in [-0.4, -0.2) is 0 Å². The molecule has 9 heteroatoms. The van der Waals surface area contributed by atoms with Gasteiger partial charge < -0.3 is 35.1 Å². The smallest absolute Gasteiger partial charge is 0.512 e. The Hall–Kier alpha value is -3.41. The normalized spacial score (nSPS) is 7.00. The largest absolute Gasteiger partial charge is 2.00 e. The molecular weight excluding hydrogens is 448 g/mol. The van der Waals surface area contributed by atoms with Gasteiger partial charge in [0.05, 0.1) is 23.8 Å². The third-order valence-corrected chi connectivity index (χ3v) is 2.92. The molecule has 2 rings (SSSR count). The summed E-state index contributed by atoms with van der Waals surface area (Å²) in [6.45, 7) is 16.2. The van der Waals surface area contributed by atoms with Gasteiger partial charge in [-0.3, -0.25) is 0 Å². The zero-order valence-electron chi connectivity index (χ0n) is 13.4.